The Morgan fingerprint density at radius 2 is 1.61 bits per heavy atom. The number of aromatic nitrogens is 2. The molecule has 5 rings (SSSR count). The second-order valence-corrected chi connectivity index (χ2v) is 14.4. The van der Waals surface area contributed by atoms with Crippen LogP contribution in [0.25, 0.3) is 0 Å². The topological polar surface area (TPSA) is 140 Å². The summed E-state index contributed by atoms with van der Waals surface area (Å²) in [5.41, 5.74) is 3.02. The van der Waals surface area contributed by atoms with E-state index >= 15 is 4.79 Å². The van der Waals surface area contributed by atoms with Crippen molar-refractivity contribution >= 4 is 35.5 Å². The lowest BCUT2D eigenvalue weighted by Gasteiger charge is -2.37. The SMILES string of the molecule is CCOC(=O)CC(c1ccccc1)N1C(=O)c2cc(CCCOc3cc(C)nc(NC(=O)OC(C)(C)C)n3)ccc2N(C(C)C)C(=O)C1c1ccccc1. The third kappa shape index (κ3) is 9.80. The number of nitrogens with one attached hydrogen (secondary N) is 1. The highest BCUT2D eigenvalue weighted by Crippen LogP contribution is 2.42. The highest BCUT2D eigenvalue weighted by Gasteiger charge is 2.45. The maximum absolute atomic E-state index is 15.1. The first-order valence-corrected chi connectivity index (χ1v) is 18.3. The number of fused-ring (bicyclic) bond motifs is 1. The Bertz CT molecular complexity index is 1950. The maximum Gasteiger partial charge on any atom is 0.414 e. The van der Waals surface area contributed by atoms with Gasteiger partial charge in [-0.1, -0.05) is 66.7 Å². The normalized spacial score (nSPS) is 15.0. The molecule has 1 N–H and O–H groups in total. The minimum atomic E-state index is -1.02. The van der Waals surface area contributed by atoms with Crippen molar-refractivity contribution in [1.82, 2.24) is 14.9 Å². The number of nitrogens with zero attached hydrogens (tertiary/aromatic N) is 4. The van der Waals surface area contributed by atoms with E-state index in [9.17, 15) is 14.4 Å². The predicted molar refractivity (Wildman–Crippen MR) is 205 cm³/mol. The van der Waals surface area contributed by atoms with Crippen LogP contribution in [0.15, 0.2) is 84.9 Å². The van der Waals surface area contributed by atoms with E-state index in [1.807, 2.05) is 92.7 Å². The summed E-state index contributed by atoms with van der Waals surface area (Å²) in [6.07, 6.45) is 0.324. The zero-order chi connectivity index (χ0) is 39.0. The van der Waals surface area contributed by atoms with Crippen LogP contribution in [0.5, 0.6) is 5.88 Å². The van der Waals surface area contributed by atoms with Crippen LogP contribution in [0.2, 0.25) is 0 Å². The van der Waals surface area contributed by atoms with Gasteiger partial charge in [-0.3, -0.25) is 19.7 Å². The van der Waals surface area contributed by atoms with Crippen LogP contribution in [0.4, 0.5) is 16.4 Å². The molecule has 0 saturated carbocycles. The molecule has 4 aromatic rings. The molecule has 12 heteroatoms. The fraction of sp³-hybridized carbons (Fsp3) is 0.381. The summed E-state index contributed by atoms with van der Waals surface area (Å²) in [5.74, 6) is -0.734. The lowest BCUT2D eigenvalue weighted by Crippen LogP contribution is -2.46. The van der Waals surface area contributed by atoms with Crippen molar-refractivity contribution in [3.8, 4) is 5.88 Å². The van der Waals surface area contributed by atoms with Crippen molar-refractivity contribution in [3.05, 3.63) is 113 Å². The van der Waals surface area contributed by atoms with Gasteiger partial charge in [-0.2, -0.15) is 4.98 Å². The van der Waals surface area contributed by atoms with Gasteiger partial charge in [0.1, 0.15) is 11.6 Å². The minimum absolute atomic E-state index is 0.0721. The molecule has 0 spiro atoms. The molecular formula is C42H49N5O7. The summed E-state index contributed by atoms with van der Waals surface area (Å²) in [6.45, 7) is 13.1. The van der Waals surface area contributed by atoms with E-state index in [0.29, 0.717) is 53.4 Å². The molecule has 0 radical (unpaired) electrons. The molecule has 3 aromatic carbocycles. The Morgan fingerprint density at radius 3 is 2.26 bits per heavy atom. The van der Waals surface area contributed by atoms with Gasteiger partial charge in [0.05, 0.1) is 36.9 Å². The molecule has 2 heterocycles. The first-order chi connectivity index (χ1) is 25.8. The van der Waals surface area contributed by atoms with Gasteiger partial charge >= 0.3 is 12.1 Å². The van der Waals surface area contributed by atoms with Gasteiger partial charge in [0, 0.05) is 17.8 Å². The smallest absolute Gasteiger partial charge is 0.414 e. The predicted octanol–water partition coefficient (Wildman–Crippen LogP) is 7.78. The van der Waals surface area contributed by atoms with Gasteiger partial charge < -0.3 is 24.0 Å². The van der Waals surface area contributed by atoms with E-state index in [1.54, 1.807) is 50.5 Å². The molecule has 12 nitrogen and oxygen atoms in total. The number of hydrogen-bond donors (Lipinski definition) is 1. The molecule has 1 aliphatic heterocycles. The van der Waals surface area contributed by atoms with E-state index in [1.165, 1.54) is 0 Å². The Kier molecular flexibility index (Phi) is 12.7. The second-order valence-electron chi connectivity index (χ2n) is 14.4. The lowest BCUT2D eigenvalue weighted by molar-refractivity contribution is -0.145. The van der Waals surface area contributed by atoms with Crippen LogP contribution >= 0.6 is 0 Å². The van der Waals surface area contributed by atoms with Crippen LogP contribution in [0, 0.1) is 6.92 Å². The molecule has 0 bridgehead atoms. The monoisotopic (exact) mass is 735 g/mol. The van der Waals surface area contributed by atoms with Gasteiger partial charge in [-0.25, -0.2) is 9.78 Å². The molecule has 1 aliphatic rings. The number of aryl methyl sites for hydroxylation is 2. The van der Waals surface area contributed by atoms with Crippen LogP contribution in [0.1, 0.15) is 99.2 Å². The number of carbonyl (C=O) groups is 4. The molecule has 0 fully saturated rings. The van der Waals surface area contributed by atoms with Crippen molar-refractivity contribution in [2.24, 2.45) is 0 Å². The van der Waals surface area contributed by atoms with E-state index in [2.05, 4.69) is 15.3 Å². The van der Waals surface area contributed by atoms with Gasteiger partial charge in [-0.05, 0) is 90.1 Å². The van der Waals surface area contributed by atoms with Gasteiger partial charge in [0.2, 0.25) is 11.8 Å². The Labute approximate surface area is 316 Å². The number of esters is 1. The molecule has 0 saturated heterocycles. The zero-order valence-electron chi connectivity index (χ0n) is 32.0. The molecular weight excluding hydrogens is 686 g/mol. The first kappa shape index (κ1) is 39.4. The molecule has 2 unspecified atom stereocenters. The number of ether oxygens (including phenoxy) is 3. The fourth-order valence-corrected chi connectivity index (χ4v) is 6.49. The number of rotatable bonds is 13. The average Bonchev–Trinajstić information content (AvgIpc) is 3.20. The van der Waals surface area contributed by atoms with Crippen molar-refractivity contribution in [2.75, 3.05) is 23.4 Å². The van der Waals surface area contributed by atoms with Crippen molar-refractivity contribution in [3.63, 3.8) is 0 Å². The van der Waals surface area contributed by atoms with Crippen molar-refractivity contribution in [2.45, 2.75) is 91.5 Å². The Balaban J connectivity index is 1.45. The van der Waals surface area contributed by atoms with E-state index < -0.39 is 29.7 Å². The Morgan fingerprint density at radius 1 is 0.926 bits per heavy atom. The summed E-state index contributed by atoms with van der Waals surface area (Å²) in [7, 11) is 0. The zero-order valence-corrected chi connectivity index (χ0v) is 32.0. The van der Waals surface area contributed by atoms with Crippen LogP contribution in [-0.4, -0.2) is 63.6 Å². The minimum Gasteiger partial charge on any atom is -0.478 e. The quantitative estimate of drug-likeness (QED) is 0.108. The molecule has 0 aliphatic carbocycles. The summed E-state index contributed by atoms with van der Waals surface area (Å²) in [5, 5.41) is 2.55. The summed E-state index contributed by atoms with van der Waals surface area (Å²) < 4.78 is 16.6. The summed E-state index contributed by atoms with van der Waals surface area (Å²) in [6, 6.07) is 23.7. The van der Waals surface area contributed by atoms with Crippen LogP contribution < -0.4 is 15.0 Å². The fourth-order valence-electron chi connectivity index (χ4n) is 6.49. The maximum atomic E-state index is 15.1. The van der Waals surface area contributed by atoms with E-state index in [-0.39, 0.29) is 36.8 Å². The lowest BCUT2D eigenvalue weighted by atomic mass is 9.95. The molecule has 3 amide bonds. The van der Waals surface area contributed by atoms with Gasteiger partial charge in [0.15, 0.2) is 0 Å². The molecule has 2 atom stereocenters. The van der Waals surface area contributed by atoms with Gasteiger partial charge in [0.25, 0.3) is 11.8 Å². The van der Waals surface area contributed by atoms with Crippen molar-refractivity contribution in [1.29, 1.82) is 0 Å². The molecule has 284 valence electrons. The standard InChI is InChI=1S/C42H49N5O7/c1-8-52-36(48)26-34(30-17-11-9-12-18-30)47-37(31-19-13-10-14-20-31)39(50)46(27(2)3)33-22-21-29(25-32(33)38(47)49)16-15-23-53-35-24-28(4)43-40(44-35)45-41(51)54-42(5,6)7/h9-14,17-22,24-25,27,34,37H,8,15-16,23,26H2,1-7H3,(H,43,44,45,51). The van der Waals surface area contributed by atoms with E-state index in [0.717, 1.165) is 5.56 Å². The highest BCUT2D eigenvalue weighted by atomic mass is 16.6. The number of carbonyl (C=O) groups excluding carboxylic acids is 4. The molecule has 54 heavy (non-hydrogen) atoms. The van der Waals surface area contributed by atoms with Crippen LogP contribution in [0.3, 0.4) is 0 Å². The number of anilines is 2. The van der Waals surface area contributed by atoms with E-state index in [4.69, 9.17) is 14.2 Å². The average molecular weight is 736 g/mol. The largest absolute Gasteiger partial charge is 0.478 e. The second kappa shape index (κ2) is 17.4. The number of hydrogen-bond acceptors (Lipinski definition) is 9. The summed E-state index contributed by atoms with van der Waals surface area (Å²) >= 11 is 0. The third-order valence-corrected chi connectivity index (χ3v) is 8.66. The first-order valence-electron chi connectivity index (χ1n) is 18.3. The highest BCUT2D eigenvalue weighted by molar-refractivity contribution is 6.11. The van der Waals surface area contributed by atoms with Gasteiger partial charge in [-0.15, -0.1) is 0 Å². The molecule has 1 aromatic heterocycles. The Hall–Kier alpha value is -5.78. The third-order valence-electron chi connectivity index (χ3n) is 8.66. The number of benzene rings is 3. The van der Waals surface area contributed by atoms with Crippen molar-refractivity contribution < 1.29 is 33.4 Å². The summed E-state index contributed by atoms with van der Waals surface area (Å²) in [4.78, 5) is 67.1. The van der Waals surface area contributed by atoms with Crippen LogP contribution in [-0.2, 0) is 25.5 Å². The number of amides is 3.